The second-order valence-electron chi connectivity index (χ2n) is 5.48. The van der Waals surface area contributed by atoms with Crippen LogP contribution in [0.25, 0.3) is 0 Å². The Morgan fingerprint density at radius 2 is 2.13 bits per heavy atom. The summed E-state index contributed by atoms with van der Waals surface area (Å²) in [5.74, 6) is 1.90. The van der Waals surface area contributed by atoms with Gasteiger partial charge in [0, 0.05) is 24.8 Å². The standard InChI is InChI=1S/C15H23N5O2.HI/c1-10-5-6-13(22-10)15(3,21)9-18-14(16-4)17-7-12-8-19-20-11(12)2;/h5-6,8,21H,7,9H2,1-4H3,(H,19,20)(H2,16,17,18);1H. The molecule has 23 heavy (non-hydrogen) atoms. The maximum absolute atomic E-state index is 10.5. The van der Waals surface area contributed by atoms with Crippen LogP contribution in [-0.2, 0) is 12.1 Å². The summed E-state index contributed by atoms with van der Waals surface area (Å²) in [6.07, 6.45) is 1.78. The molecule has 0 aromatic carbocycles. The summed E-state index contributed by atoms with van der Waals surface area (Å²) in [6, 6.07) is 3.61. The maximum atomic E-state index is 10.5. The van der Waals surface area contributed by atoms with Crippen molar-refractivity contribution in [2.45, 2.75) is 32.9 Å². The number of aliphatic imine (C=N–C) groups is 1. The SMILES string of the molecule is CN=C(NCc1cn[nH]c1C)NCC(C)(O)c1ccc(C)o1.I. The lowest BCUT2D eigenvalue weighted by molar-refractivity contribution is 0.0378. The number of aliphatic hydroxyl groups is 1. The van der Waals surface area contributed by atoms with Crippen LogP contribution in [0.5, 0.6) is 0 Å². The van der Waals surface area contributed by atoms with Crippen LogP contribution >= 0.6 is 24.0 Å². The van der Waals surface area contributed by atoms with Gasteiger partial charge in [0.15, 0.2) is 5.96 Å². The van der Waals surface area contributed by atoms with Crippen molar-refractivity contribution < 1.29 is 9.52 Å². The first kappa shape index (κ1) is 19.5. The second kappa shape index (κ2) is 8.34. The van der Waals surface area contributed by atoms with Gasteiger partial charge in [0.25, 0.3) is 0 Å². The van der Waals surface area contributed by atoms with Crippen LogP contribution in [0.3, 0.4) is 0 Å². The number of H-pyrrole nitrogens is 1. The first-order valence-electron chi connectivity index (χ1n) is 7.15. The molecule has 0 amide bonds. The molecule has 0 aliphatic rings. The summed E-state index contributed by atoms with van der Waals surface area (Å²) in [5.41, 5.74) is 0.967. The molecule has 0 spiro atoms. The number of rotatable bonds is 5. The van der Waals surface area contributed by atoms with E-state index in [1.54, 1.807) is 26.2 Å². The summed E-state index contributed by atoms with van der Waals surface area (Å²) in [5, 5.41) is 23.6. The van der Waals surface area contributed by atoms with Crippen LogP contribution < -0.4 is 10.6 Å². The number of halogens is 1. The van der Waals surface area contributed by atoms with Crippen LogP contribution in [0.4, 0.5) is 0 Å². The third-order valence-corrected chi connectivity index (χ3v) is 3.48. The molecule has 0 saturated carbocycles. The Morgan fingerprint density at radius 3 is 2.65 bits per heavy atom. The predicted octanol–water partition coefficient (Wildman–Crippen LogP) is 1.81. The zero-order valence-electron chi connectivity index (χ0n) is 13.8. The van der Waals surface area contributed by atoms with Gasteiger partial charge in [0.05, 0.1) is 12.7 Å². The zero-order chi connectivity index (χ0) is 16.2. The Hall–Kier alpha value is -1.55. The fourth-order valence-electron chi connectivity index (χ4n) is 2.02. The summed E-state index contributed by atoms with van der Waals surface area (Å²) >= 11 is 0. The van der Waals surface area contributed by atoms with Crippen molar-refractivity contribution in [2.75, 3.05) is 13.6 Å². The Balaban J connectivity index is 0.00000264. The Labute approximate surface area is 153 Å². The normalized spacial score (nSPS) is 14.0. The van der Waals surface area contributed by atoms with Gasteiger partial charge in [-0.3, -0.25) is 10.1 Å². The highest BCUT2D eigenvalue weighted by molar-refractivity contribution is 14.0. The van der Waals surface area contributed by atoms with E-state index < -0.39 is 5.60 Å². The van der Waals surface area contributed by atoms with Crippen LogP contribution in [0.2, 0.25) is 0 Å². The van der Waals surface area contributed by atoms with Crippen molar-refractivity contribution in [2.24, 2.45) is 4.99 Å². The molecule has 128 valence electrons. The van der Waals surface area contributed by atoms with Crippen LogP contribution in [0, 0.1) is 13.8 Å². The van der Waals surface area contributed by atoms with Gasteiger partial charge in [-0.05, 0) is 32.9 Å². The van der Waals surface area contributed by atoms with E-state index in [4.69, 9.17) is 4.42 Å². The summed E-state index contributed by atoms with van der Waals surface area (Å²) in [6.45, 7) is 6.39. The number of furan rings is 1. The molecule has 2 aromatic rings. The summed E-state index contributed by atoms with van der Waals surface area (Å²) < 4.78 is 5.49. The molecular weight excluding hydrogens is 409 g/mol. The first-order chi connectivity index (χ1) is 10.4. The quantitative estimate of drug-likeness (QED) is 0.328. The number of nitrogens with zero attached hydrogens (tertiary/aromatic N) is 2. The summed E-state index contributed by atoms with van der Waals surface area (Å²) in [4.78, 5) is 4.14. The van der Waals surface area contributed by atoms with E-state index in [0.717, 1.165) is 17.0 Å². The second-order valence-corrected chi connectivity index (χ2v) is 5.48. The van der Waals surface area contributed by atoms with E-state index in [-0.39, 0.29) is 30.5 Å². The van der Waals surface area contributed by atoms with Crippen LogP contribution in [0.15, 0.2) is 27.7 Å². The van der Waals surface area contributed by atoms with Crippen molar-refractivity contribution >= 4 is 29.9 Å². The molecule has 0 aliphatic carbocycles. The predicted molar refractivity (Wildman–Crippen MR) is 100.0 cm³/mol. The fourth-order valence-corrected chi connectivity index (χ4v) is 2.02. The number of guanidine groups is 1. The van der Waals surface area contributed by atoms with Crippen molar-refractivity contribution in [1.82, 2.24) is 20.8 Å². The van der Waals surface area contributed by atoms with Crippen LogP contribution in [-0.4, -0.2) is 34.9 Å². The fraction of sp³-hybridized carbons (Fsp3) is 0.467. The molecule has 0 saturated heterocycles. The molecule has 0 fully saturated rings. The van der Waals surface area contributed by atoms with Gasteiger partial charge >= 0.3 is 0 Å². The molecule has 8 heteroatoms. The molecule has 2 aromatic heterocycles. The third-order valence-electron chi connectivity index (χ3n) is 3.48. The third kappa shape index (κ3) is 5.24. The van der Waals surface area contributed by atoms with Gasteiger partial charge < -0.3 is 20.2 Å². The monoisotopic (exact) mass is 433 g/mol. The molecule has 0 aliphatic heterocycles. The highest BCUT2D eigenvalue weighted by atomic mass is 127. The van der Waals surface area contributed by atoms with Crippen molar-refractivity contribution in [1.29, 1.82) is 0 Å². The first-order valence-corrected chi connectivity index (χ1v) is 7.15. The molecule has 1 unspecified atom stereocenters. The van der Waals surface area contributed by atoms with E-state index in [9.17, 15) is 5.11 Å². The van der Waals surface area contributed by atoms with Gasteiger partial charge in [-0.1, -0.05) is 0 Å². The molecule has 1 atom stereocenters. The highest BCUT2D eigenvalue weighted by Gasteiger charge is 2.27. The van der Waals surface area contributed by atoms with Gasteiger partial charge in [-0.2, -0.15) is 5.10 Å². The van der Waals surface area contributed by atoms with Gasteiger partial charge in [0.2, 0.25) is 0 Å². The minimum absolute atomic E-state index is 0. The van der Waals surface area contributed by atoms with E-state index in [2.05, 4.69) is 25.8 Å². The van der Waals surface area contributed by atoms with E-state index in [1.165, 1.54) is 0 Å². The van der Waals surface area contributed by atoms with Crippen molar-refractivity contribution in [3.8, 4) is 0 Å². The minimum Gasteiger partial charge on any atom is -0.463 e. The average Bonchev–Trinajstić information content (AvgIpc) is 3.08. The lowest BCUT2D eigenvalue weighted by atomic mass is 10.0. The highest BCUT2D eigenvalue weighted by Crippen LogP contribution is 2.21. The lowest BCUT2D eigenvalue weighted by Gasteiger charge is -2.22. The van der Waals surface area contributed by atoms with Gasteiger partial charge in [-0.15, -0.1) is 24.0 Å². The summed E-state index contributed by atoms with van der Waals surface area (Å²) in [7, 11) is 1.68. The zero-order valence-corrected chi connectivity index (χ0v) is 16.1. The number of nitrogens with one attached hydrogen (secondary N) is 3. The van der Waals surface area contributed by atoms with Crippen molar-refractivity contribution in [3.63, 3.8) is 0 Å². The number of aromatic nitrogens is 2. The number of hydrogen-bond donors (Lipinski definition) is 4. The van der Waals surface area contributed by atoms with Gasteiger partial charge in [0.1, 0.15) is 17.1 Å². The number of aryl methyl sites for hydroxylation is 2. The smallest absolute Gasteiger partial charge is 0.191 e. The molecule has 2 rings (SSSR count). The largest absolute Gasteiger partial charge is 0.463 e. The van der Waals surface area contributed by atoms with Crippen LogP contribution in [0.1, 0.15) is 29.7 Å². The Kier molecular flexibility index (Phi) is 7.07. The maximum Gasteiger partial charge on any atom is 0.191 e. The van der Waals surface area contributed by atoms with E-state index in [0.29, 0.717) is 18.3 Å². The number of hydrogen-bond acceptors (Lipinski definition) is 4. The Bertz CT molecular complexity index is 648. The van der Waals surface area contributed by atoms with Gasteiger partial charge in [-0.25, -0.2) is 0 Å². The number of aromatic amines is 1. The van der Waals surface area contributed by atoms with Crippen molar-refractivity contribution in [3.05, 3.63) is 41.1 Å². The molecule has 0 bridgehead atoms. The Morgan fingerprint density at radius 1 is 1.39 bits per heavy atom. The van der Waals surface area contributed by atoms with E-state index in [1.807, 2.05) is 19.9 Å². The molecule has 0 radical (unpaired) electrons. The average molecular weight is 433 g/mol. The molecular formula is C15H24IN5O2. The minimum atomic E-state index is -1.11. The van der Waals surface area contributed by atoms with E-state index >= 15 is 0 Å². The molecule has 7 nitrogen and oxygen atoms in total. The topological polar surface area (TPSA) is 98.5 Å². The lowest BCUT2D eigenvalue weighted by Crippen LogP contribution is -2.44. The molecule has 4 N–H and O–H groups in total. The molecule has 2 heterocycles.